The SMILES string of the molecule is CCCC1(C)CCCN(C(=O)c2cnc(C(=O)O)cn2)C1. The molecule has 1 aliphatic heterocycles. The van der Waals surface area contributed by atoms with Crippen molar-refractivity contribution in [3.63, 3.8) is 0 Å². The topological polar surface area (TPSA) is 83.4 Å². The van der Waals surface area contributed by atoms with Gasteiger partial charge in [0.25, 0.3) is 5.91 Å². The number of carbonyl (C=O) groups is 2. The third-order valence-corrected chi connectivity index (χ3v) is 4.01. The van der Waals surface area contributed by atoms with Gasteiger partial charge in [-0.1, -0.05) is 20.3 Å². The van der Waals surface area contributed by atoms with E-state index in [1.165, 1.54) is 6.20 Å². The molecule has 1 atom stereocenters. The minimum atomic E-state index is -1.14. The highest BCUT2D eigenvalue weighted by Crippen LogP contribution is 2.34. The van der Waals surface area contributed by atoms with Crippen LogP contribution in [0.4, 0.5) is 0 Å². The molecule has 1 unspecified atom stereocenters. The molecule has 0 spiro atoms. The number of likely N-dealkylation sites (tertiary alicyclic amines) is 1. The minimum Gasteiger partial charge on any atom is -0.476 e. The van der Waals surface area contributed by atoms with E-state index in [0.717, 1.165) is 45.0 Å². The molecule has 2 heterocycles. The van der Waals surface area contributed by atoms with Crippen molar-refractivity contribution < 1.29 is 14.7 Å². The molecular weight excluding hydrogens is 270 g/mol. The molecule has 2 rings (SSSR count). The fourth-order valence-electron chi connectivity index (χ4n) is 3.01. The molecule has 6 heteroatoms. The number of carbonyl (C=O) groups excluding carboxylic acids is 1. The third-order valence-electron chi connectivity index (χ3n) is 4.01. The van der Waals surface area contributed by atoms with Gasteiger partial charge in [-0.05, 0) is 24.7 Å². The van der Waals surface area contributed by atoms with E-state index in [1.807, 2.05) is 4.90 Å². The van der Waals surface area contributed by atoms with E-state index < -0.39 is 5.97 Å². The molecule has 0 bridgehead atoms. The molecule has 0 aliphatic carbocycles. The van der Waals surface area contributed by atoms with Crippen molar-refractivity contribution in [2.45, 2.75) is 39.5 Å². The molecule has 114 valence electrons. The number of hydrogen-bond acceptors (Lipinski definition) is 4. The lowest BCUT2D eigenvalue weighted by Gasteiger charge is -2.40. The monoisotopic (exact) mass is 291 g/mol. The molecule has 1 aliphatic rings. The summed E-state index contributed by atoms with van der Waals surface area (Å²) in [7, 11) is 0. The van der Waals surface area contributed by atoms with Crippen LogP contribution in [0.25, 0.3) is 0 Å². The first-order chi connectivity index (χ1) is 9.95. The Labute approximate surface area is 124 Å². The minimum absolute atomic E-state index is 0.152. The summed E-state index contributed by atoms with van der Waals surface area (Å²) in [6.45, 7) is 5.82. The van der Waals surface area contributed by atoms with E-state index in [-0.39, 0.29) is 22.7 Å². The van der Waals surface area contributed by atoms with Gasteiger partial charge >= 0.3 is 5.97 Å². The third kappa shape index (κ3) is 3.56. The van der Waals surface area contributed by atoms with Crippen LogP contribution in [0.3, 0.4) is 0 Å². The number of carboxylic acid groups (broad SMARTS) is 1. The van der Waals surface area contributed by atoms with Gasteiger partial charge in [0.15, 0.2) is 5.69 Å². The molecule has 21 heavy (non-hydrogen) atoms. The maximum Gasteiger partial charge on any atom is 0.356 e. The van der Waals surface area contributed by atoms with Gasteiger partial charge in [0.1, 0.15) is 5.69 Å². The van der Waals surface area contributed by atoms with Crippen molar-refractivity contribution in [3.05, 3.63) is 23.8 Å². The van der Waals surface area contributed by atoms with Crippen molar-refractivity contribution in [1.82, 2.24) is 14.9 Å². The standard InChI is InChI=1S/C15H21N3O3/c1-3-5-15(2)6-4-7-18(10-15)13(19)11-8-17-12(9-16-11)14(20)21/h8-9H,3-7,10H2,1-2H3,(H,20,21). The molecule has 1 fully saturated rings. The molecule has 1 saturated heterocycles. The van der Waals surface area contributed by atoms with E-state index in [1.54, 1.807) is 0 Å². The summed E-state index contributed by atoms with van der Waals surface area (Å²) in [6.07, 6.45) is 6.70. The van der Waals surface area contributed by atoms with Crippen LogP contribution in [-0.4, -0.2) is 44.9 Å². The Bertz CT molecular complexity index is 525. The molecule has 6 nitrogen and oxygen atoms in total. The Morgan fingerprint density at radius 1 is 1.33 bits per heavy atom. The lowest BCUT2D eigenvalue weighted by atomic mass is 9.78. The maximum atomic E-state index is 12.4. The number of piperidine rings is 1. The van der Waals surface area contributed by atoms with Crippen LogP contribution >= 0.6 is 0 Å². The van der Waals surface area contributed by atoms with Crippen LogP contribution in [0.2, 0.25) is 0 Å². The van der Waals surface area contributed by atoms with E-state index in [2.05, 4.69) is 23.8 Å². The second kappa shape index (κ2) is 6.20. The van der Waals surface area contributed by atoms with Crippen molar-refractivity contribution in [2.24, 2.45) is 5.41 Å². The Kier molecular flexibility index (Phi) is 4.55. The summed E-state index contributed by atoms with van der Waals surface area (Å²) in [6, 6.07) is 0. The highest BCUT2D eigenvalue weighted by molar-refractivity contribution is 5.92. The first-order valence-electron chi connectivity index (χ1n) is 7.30. The van der Waals surface area contributed by atoms with Crippen LogP contribution in [0.5, 0.6) is 0 Å². The van der Waals surface area contributed by atoms with Crippen molar-refractivity contribution >= 4 is 11.9 Å². The molecule has 1 aromatic heterocycles. The Morgan fingerprint density at radius 3 is 2.57 bits per heavy atom. The van der Waals surface area contributed by atoms with Crippen molar-refractivity contribution in [1.29, 1.82) is 0 Å². The predicted molar refractivity (Wildman–Crippen MR) is 77.1 cm³/mol. The molecule has 0 aromatic carbocycles. The second-order valence-electron chi connectivity index (χ2n) is 5.98. The van der Waals surface area contributed by atoms with Gasteiger partial charge in [-0.25, -0.2) is 14.8 Å². The van der Waals surface area contributed by atoms with Gasteiger partial charge in [0.2, 0.25) is 0 Å². The second-order valence-corrected chi connectivity index (χ2v) is 5.98. The zero-order valence-corrected chi connectivity index (χ0v) is 12.5. The van der Waals surface area contributed by atoms with Crippen LogP contribution < -0.4 is 0 Å². The van der Waals surface area contributed by atoms with Crippen LogP contribution in [0.15, 0.2) is 12.4 Å². The highest BCUT2D eigenvalue weighted by atomic mass is 16.4. The van der Waals surface area contributed by atoms with Gasteiger partial charge in [-0.15, -0.1) is 0 Å². The summed E-state index contributed by atoms with van der Waals surface area (Å²) >= 11 is 0. The summed E-state index contributed by atoms with van der Waals surface area (Å²) in [4.78, 5) is 32.7. The van der Waals surface area contributed by atoms with E-state index >= 15 is 0 Å². The maximum absolute atomic E-state index is 12.4. The van der Waals surface area contributed by atoms with E-state index in [4.69, 9.17) is 5.11 Å². The zero-order valence-electron chi connectivity index (χ0n) is 12.5. The van der Waals surface area contributed by atoms with Crippen LogP contribution in [0.1, 0.15) is 60.5 Å². The van der Waals surface area contributed by atoms with Gasteiger partial charge in [-0.3, -0.25) is 4.79 Å². The number of hydrogen-bond donors (Lipinski definition) is 1. The lowest BCUT2D eigenvalue weighted by molar-refractivity contribution is 0.0523. The smallest absolute Gasteiger partial charge is 0.356 e. The molecular formula is C15H21N3O3. The number of carboxylic acids is 1. The molecule has 0 radical (unpaired) electrons. The molecule has 0 saturated carbocycles. The molecule has 1 aromatic rings. The highest BCUT2D eigenvalue weighted by Gasteiger charge is 2.33. The summed E-state index contributed by atoms with van der Waals surface area (Å²) in [5.41, 5.74) is 0.221. The largest absolute Gasteiger partial charge is 0.476 e. The summed E-state index contributed by atoms with van der Waals surface area (Å²) < 4.78 is 0. The number of rotatable bonds is 4. The number of aromatic nitrogens is 2. The van der Waals surface area contributed by atoms with Gasteiger partial charge in [-0.2, -0.15) is 0 Å². The van der Waals surface area contributed by atoms with E-state index in [0.29, 0.717) is 0 Å². The van der Waals surface area contributed by atoms with Crippen LogP contribution in [-0.2, 0) is 0 Å². The lowest BCUT2D eigenvalue weighted by Crippen LogP contribution is -2.45. The predicted octanol–water partition coefficient (Wildman–Crippen LogP) is 2.22. The van der Waals surface area contributed by atoms with Gasteiger partial charge in [0, 0.05) is 13.1 Å². The molecule has 1 amide bonds. The van der Waals surface area contributed by atoms with Crippen molar-refractivity contribution in [3.8, 4) is 0 Å². The average Bonchev–Trinajstić information content (AvgIpc) is 2.46. The van der Waals surface area contributed by atoms with Crippen molar-refractivity contribution in [2.75, 3.05) is 13.1 Å². The van der Waals surface area contributed by atoms with Gasteiger partial charge < -0.3 is 10.0 Å². The number of aromatic carboxylic acids is 1. The first kappa shape index (κ1) is 15.4. The Morgan fingerprint density at radius 2 is 2.00 bits per heavy atom. The fraction of sp³-hybridized carbons (Fsp3) is 0.600. The van der Waals surface area contributed by atoms with E-state index in [9.17, 15) is 9.59 Å². The first-order valence-corrected chi connectivity index (χ1v) is 7.30. The number of amides is 1. The Hall–Kier alpha value is -1.98. The number of nitrogens with zero attached hydrogens (tertiary/aromatic N) is 3. The normalized spacial score (nSPS) is 22.1. The van der Waals surface area contributed by atoms with Gasteiger partial charge in [0.05, 0.1) is 12.4 Å². The summed E-state index contributed by atoms with van der Waals surface area (Å²) in [5.74, 6) is -1.31. The quantitative estimate of drug-likeness (QED) is 0.919. The summed E-state index contributed by atoms with van der Waals surface area (Å²) in [5, 5.41) is 8.79. The fourth-order valence-corrected chi connectivity index (χ4v) is 3.01. The van der Waals surface area contributed by atoms with Crippen LogP contribution in [0, 0.1) is 5.41 Å². The molecule has 1 N–H and O–H groups in total. The Balaban J connectivity index is 2.10. The zero-order chi connectivity index (χ0) is 15.5. The average molecular weight is 291 g/mol.